The van der Waals surface area contributed by atoms with E-state index in [0.29, 0.717) is 25.3 Å². The van der Waals surface area contributed by atoms with Crippen LogP contribution in [0.15, 0.2) is 47.3 Å². The van der Waals surface area contributed by atoms with E-state index in [4.69, 9.17) is 0 Å². The maximum atomic E-state index is 13.3. The van der Waals surface area contributed by atoms with E-state index >= 15 is 0 Å². The SMILES string of the molecule is C[C@H](NC(=O)N1CC2C[C@@H](C1)c1cccc(=O)n1C2)C(=O)Nc1cccc(F)c1. The first-order valence-corrected chi connectivity index (χ1v) is 9.72. The molecule has 2 aliphatic rings. The largest absolute Gasteiger partial charge is 0.326 e. The molecule has 0 saturated carbocycles. The van der Waals surface area contributed by atoms with Gasteiger partial charge in [0.25, 0.3) is 5.56 Å². The minimum atomic E-state index is -0.776. The highest BCUT2D eigenvalue weighted by atomic mass is 19.1. The van der Waals surface area contributed by atoms with Crippen LogP contribution in [0.2, 0.25) is 0 Å². The predicted molar refractivity (Wildman–Crippen MR) is 106 cm³/mol. The van der Waals surface area contributed by atoms with E-state index in [1.165, 1.54) is 18.2 Å². The molecule has 8 heteroatoms. The number of rotatable bonds is 3. The molecule has 3 heterocycles. The zero-order valence-corrected chi connectivity index (χ0v) is 16.1. The first-order chi connectivity index (χ1) is 13.9. The number of likely N-dealkylation sites (tertiary alicyclic amines) is 1. The zero-order valence-electron chi connectivity index (χ0n) is 16.1. The van der Waals surface area contributed by atoms with Gasteiger partial charge in [0, 0.05) is 43.0 Å². The average molecular weight is 398 g/mol. The molecular formula is C21H23FN4O3. The first kappa shape index (κ1) is 19.2. The Morgan fingerprint density at radius 1 is 1.14 bits per heavy atom. The summed E-state index contributed by atoms with van der Waals surface area (Å²) in [4.78, 5) is 38.9. The van der Waals surface area contributed by atoms with Crippen molar-refractivity contribution in [3.8, 4) is 0 Å². The lowest BCUT2D eigenvalue weighted by atomic mass is 9.83. The van der Waals surface area contributed by atoms with Gasteiger partial charge < -0.3 is 20.1 Å². The van der Waals surface area contributed by atoms with Crippen molar-refractivity contribution in [2.24, 2.45) is 5.92 Å². The second-order valence-electron chi connectivity index (χ2n) is 7.77. The molecule has 1 unspecified atom stereocenters. The lowest BCUT2D eigenvalue weighted by molar-refractivity contribution is -0.117. The van der Waals surface area contributed by atoms with Gasteiger partial charge in [-0.15, -0.1) is 0 Å². The van der Waals surface area contributed by atoms with E-state index in [2.05, 4.69) is 10.6 Å². The molecule has 0 radical (unpaired) electrons. The summed E-state index contributed by atoms with van der Waals surface area (Å²) in [6, 6.07) is 9.78. The molecule has 3 amide bonds. The predicted octanol–water partition coefficient (Wildman–Crippen LogP) is 2.14. The van der Waals surface area contributed by atoms with Crippen molar-refractivity contribution in [1.29, 1.82) is 0 Å². The Morgan fingerprint density at radius 2 is 1.93 bits per heavy atom. The number of urea groups is 1. The molecule has 1 saturated heterocycles. The number of nitrogens with one attached hydrogen (secondary N) is 2. The summed E-state index contributed by atoms with van der Waals surface area (Å²) in [7, 11) is 0. The smallest absolute Gasteiger partial charge is 0.318 e. The van der Waals surface area contributed by atoms with Gasteiger partial charge in [0.15, 0.2) is 0 Å². The van der Waals surface area contributed by atoms with Crippen LogP contribution in [-0.4, -0.2) is 40.5 Å². The fourth-order valence-corrected chi connectivity index (χ4v) is 4.22. The molecule has 2 aromatic rings. The molecule has 4 rings (SSSR count). The number of halogens is 1. The number of anilines is 1. The molecule has 152 valence electrons. The van der Waals surface area contributed by atoms with Crippen LogP contribution < -0.4 is 16.2 Å². The number of pyridine rings is 1. The lowest BCUT2D eigenvalue weighted by Gasteiger charge is -2.42. The summed E-state index contributed by atoms with van der Waals surface area (Å²) in [6.45, 7) is 3.24. The molecule has 7 nitrogen and oxygen atoms in total. The zero-order chi connectivity index (χ0) is 20.5. The van der Waals surface area contributed by atoms with Crippen molar-refractivity contribution in [3.63, 3.8) is 0 Å². The lowest BCUT2D eigenvalue weighted by Crippen LogP contribution is -2.54. The molecule has 1 aromatic heterocycles. The van der Waals surface area contributed by atoms with Crippen LogP contribution in [0.25, 0.3) is 0 Å². The quantitative estimate of drug-likeness (QED) is 0.831. The number of carbonyl (C=O) groups excluding carboxylic acids is 2. The molecule has 1 aromatic carbocycles. The minimum Gasteiger partial charge on any atom is -0.326 e. The van der Waals surface area contributed by atoms with Gasteiger partial charge in [0.05, 0.1) is 0 Å². The second kappa shape index (κ2) is 7.69. The molecular weight excluding hydrogens is 375 g/mol. The molecule has 0 spiro atoms. The van der Waals surface area contributed by atoms with Crippen molar-refractivity contribution >= 4 is 17.6 Å². The number of aromatic nitrogens is 1. The minimum absolute atomic E-state index is 0.00209. The van der Waals surface area contributed by atoms with E-state index < -0.39 is 17.8 Å². The third-order valence-corrected chi connectivity index (χ3v) is 5.59. The number of amides is 3. The fourth-order valence-electron chi connectivity index (χ4n) is 4.22. The van der Waals surface area contributed by atoms with Crippen molar-refractivity contribution in [1.82, 2.24) is 14.8 Å². The van der Waals surface area contributed by atoms with Gasteiger partial charge in [0.1, 0.15) is 11.9 Å². The van der Waals surface area contributed by atoms with E-state index in [-0.39, 0.29) is 23.4 Å². The monoisotopic (exact) mass is 398 g/mol. The van der Waals surface area contributed by atoms with Crippen LogP contribution in [0.3, 0.4) is 0 Å². The van der Waals surface area contributed by atoms with Gasteiger partial charge >= 0.3 is 6.03 Å². The van der Waals surface area contributed by atoms with E-state index in [1.54, 1.807) is 30.0 Å². The van der Waals surface area contributed by atoms with Crippen molar-refractivity contribution in [2.75, 3.05) is 18.4 Å². The Hall–Kier alpha value is -3.16. The third kappa shape index (κ3) is 4.01. The van der Waals surface area contributed by atoms with Gasteiger partial charge in [-0.05, 0) is 43.5 Å². The van der Waals surface area contributed by atoms with Gasteiger partial charge in [-0.2, -0.15) is 0 Å². The number of carbonyl (C=O) groups is 2. The van der Waals surface area contributed by atoms with Gasteiger partial charge in [-0.25, -0.2) is 9.18 Å². The van der Waals surface area contributed by atoms with Crippen LogP contribution in [0, 0.1) is 11.7 Å². The van der Waals surface area contributed by atoms with E-state index in [1.807, 2.05) is 10.6 Å². The molecule has 3 atom stereocenters. The van der Waals surface area contributed by atoms with Crippen molar-refractivity contribution in [2.45, 2.75) is 31.8 Å². The highest BCUT2D eigenvalue weighted by Crippen LogP contribution is 2.34. The number of benzene rings is 1. The number of fused-ring (bicyclic) bond motifs is 4. The van der Waals surface area contributed by atoms with Crippen LogP contribution >= 0.6 is 0 Å². The Bertz CT molecular complexity index is 1010. The molecule has 1 fully saturated rings. The Balaban J connectivity index is 1.39. The summed E-state index contributed by atoms with van der Waals surface area (Å²) in [5.41, 5.74) is 1.30. The van der Waals surface area contributed by atoms with Gasteiger partial charge in [-0.1, -0.05) is 12.1 Å². The molecule has 2 bridgehead atoms. The maximum absolute atomic E-state index is 13.3. The Labute approximate surface area is 167 Å². The van der Waals surface area contributed by atoms with Crippen molar-refractivity contribution in [3.05, 3.63) is 64.3 Å². The molecule has 2 N–H and O–H groups in total. The summed E-state index contributed by atoms with van der Waals surface area (Å²) in [6.07, 6.45) is 0.947. The molecule has 29 heavy (non-hydrogen) atoms. The highest BCUT2D eigenvalue weighted by Gasteiger charge is 2.36. The number of hydrogen-bond acceptors (Lipinski definition) is 3. The van der Waals surface area contributed by atoms with Crippen molar-refractivity contribution < 1.29 is 14.0 Å². The number of hydrogen-bond donors (Lipinski definition) is 2. The Morgan fingerprint density at radius 3 is 2.72 bits per heavy atom. The van der Waals surface area contributed by atoms with Crippen LogP contribution in [-0.2, 0) is 11.3 Å². The van der Waals surface area contributed by atoms with Gasteiger partial charge in [0.2, 0.25) is 5.91 Å². The summed E-state index contributed by atoms with van der Waals surface area (Å²) in [5.74, 6) is -0.543. The highest BCUT2D eigenvalue weighted by molar-refractivity contribution is 5.96. The first-order valence-electron chi connectivity index (χ1n) is 9.72. The van der Waals surface area contributed by atoms with Crippen LogP contribution in [0.1, 0.15) is 25.0 Å². The fraction of sp³-hybridized carbons (Fsp3) is 0.381. The maximum Gasteiger partial charge on any atom is 0.318 e. The average Bonchev–Trinajstić information content (AvgIpc) is 2.68. The van der Waals surface area contributed by atoms with E-state index in [9.17, 15) is 18.8 Å². The van der Waals surface area contributed by atoms with Gasteiger partial charge in [-0.3, -0.25) is 9.59 Å². The standard InChI is InChI=1S/C21H23FN4O3/c1-13(20(28)24-17-5-2-4-16(22)9-17)23-21(29)25-10-14-8-15(12-25)18-6-3-7-19(27)26(18)11-14/h2-7,9,13-15H,8,10-12H2,1H3,(H,23,29)(H,24,28)/t13-,14?,15-/m0/s1. The third-order valence-electron chi connectivity index (χ3n) is 5.59. The van der Waals surface area contributed by atoms with E-state index in [0.717, 1.165) is 12.1 Å². The molecule has 2 aliphatic heterocycles. The number of piperidine rings is 1. The molecule has 0 aliphatic carbocycles. The summed E-state index contributed by atoms with van der Waals surface area (Å²) in [5, 5.41) is 5.32. The van der Waals surface area contributed by atoms with Crippen LogP contribution in [0.5, 0.6) is 0 Å². The Kier molecular flexibility index (Phi) is 5.08. The van der Waals surface area contributed by atoms with Crippen LogP contribution in [0.4, 0.5) is 14.9 Å². The topological polar surface area (TPSA) is 83.4 Å². The summed E-state index contributed by atoms with van der Waals surface area (Å²) < 4.78 is 15.1. The normalized spacial score (nSPS) is 21.1. The second-order valence-corrected chi connectivity index (χ2v) is 7.77. The number of nitrogens with zero attached hydrogens (tertiary/aromatic N) is 2. The summed E-state index contributed by atoms with van der Waals surface area (Å²) >= 11 is 0.